The van der Waals surface area contributed by atoms with Crippen LogP contribution < -0.4 is 10.9 Å². The zero-order valence-electron chi connectivity index (χ0n) is 18.6. The first-order valence-corrected chi connectivity index (χ1v) is 11.5. The molecule has 0 aliphatic heterocycles. The molecule has 0 aliphatic carbocycles. The van der Waals surface area contributed by atoms with Crippen molar-refractivity contribution in [3.05, 3.63) is 76.2 Å². The number of aromatic nitrogens is 3. The number of rotatable bonds is 6. The first-order chi connectivity index (χ1) is 15.3. The minimum atomic E-state index is -0.135. The normalized spacial score (nSPS) is 11.3. The summed E-state index contributed by atoms with van der Waals surface area (Å²) in [5.41, 5.74) is 5.77. The number of anilines is 1. The van der Waals surface area contributed by atoms with E-state index in [2.05, 4.69) is 10.3 Å². The molecule has 2 aromatic heterocycles. The van der Waals surface area contributed by atoms with E-state index >= 15 is 0 Å². The lowest BCUT2D eigenvalue weighted by molar-refractivity contribution is -0.113. The summed E-state index contributed by atoms with van der Waals surface area (Å²) in [5, 5.41) is 3.49. The van der Waals surface area contributed by atoms with Crippen LogP contribution in [0.2, 0.25) is 0 Å². The second-order valence-corrected chi connectivity index (χ2v) is 9.05. The number of benzene rings is 2. The third-order valence-corrected chi connectivity index (χ3v) is 6.24. The number of carbonyl (C=O) groups excluding carboxylic acids is 1. The van der Waals surface area contributed by atoms with Crippen LogP contribution in [0.5, 0.6) is 0 Å². The van der Waals surface area contributed by atoms with Gasteiger partial charge in [-0.1, -0.05) is 59.8 Å². The Bertz CT molecular complexity index is 1340. The lowest BCUT2D eigenvalue weighted by Gasteiger charge is -2.15. The number of fused-ring (bicyclic) bond motifs is 1. The second kappa shape index (κ2) is 9.04. The third kappa shape index (κ3) is 4.34. The highest BCUT2D eigenvalue weighted by Crippen LogP contribution is 2.28. The number of nitrogens with one attached hydrogen (secondary N) is 2. The summed E-state index contributed by atoms with van der Waals surface area (Å²) in [6.07, 6.45) is 1.82. The molecular weight excluding hydrogens is 420 g/mol. The Labute approximate surface area is 191 Å². The quantitative estimate of drug-likeness (QED) is 0.310. The van der Waals surface area contributed by atoms with E-state index in [1.807, 2.05) is 82.4 Å². The van der Waals surface area contributed by atoms with E-state index in [9.17, 15) is 9.59 Å². The first kappa shape index (κ1) is 21.9. The Morgan fingerprint density at radius 1 is 1.16 bits per heavy atom. The predicted octanol–water partition coefficient (Wildman–Crippen LogP) is 5.32. The minimum Gasteiger partial charge on any atom is -0.355 e. The highest BCUT2D eigenvalue weighted by molar-refractivity contribution is 7.99. The number of hydrogen-bond donors (Lipinski definition) is 2. The van der Waals surface area contributed by atoms with Gasteiger partial charge >= 0.3 is 0 Å². The molecule has 164 valence electrons. The zero-order chi connectivity index (χ0) is 22.8. The van der Waals surface area contributed by atoms with Crippen LogP contribution in [0.15, 0.2) is 64.7 Å². The molecular formula is C25H26N4O2S. The average molecular weight is 447 g/mol. The maximum Gasteiger partial charge on any atom is 0.278 e. The molecule has 0 spiro atoms. The highest BCUT2D eigenvalue weighted by Gasteiger charge is 2.19. The van der Waals surface area contributed by atoms with Gasteiger partial charge in [0.1, 0.15) is 11.0 Å². The Kier molecular flexibility index (Phi) is 6.19. The number of aromatic amines is 1. The topological polar surface area (TPSA) is 79.8 Å². The van der Waals surface area contributed by atoms with Gasteiger partial charge in [-0.3, -0.25) is 14.2 Å². The molecule has 1 amide bonds. The van der Waals surface area contributed by atoms with Crippen LogP contribution in [0.25, 0.3) is 22.2 Å². The molecule has 0 saturated heterocycles. The van der Waals surface area contributed by atoms with Crippen molar-refractivity contribution in [1.29, 1.82) is 0 Å². The molecule has 0 fully saturated rings. The molecule has 0 saturated carbocycles. The smallest absolute Gasteiger partial charge is 0.278 e. The molecule has 0 bridgehead atoms. The van der Waals surface area contributed by atoms with Gasteiger partial charge in [0.2, 0.25) is 5.91 Å². The summed E-state index contributed by atoms with van der Waals surface area (Å²) in [4.78, 5) is 33.8. The predicted molar refractivity (Wildman–Crippen MR) is 131 cm³/mol. The van der Waals surface area contributed by atoms with E-state index in [0.717, 1.165) is 27.9 Å². The van der Waals surface area contributed by atoms with Crippen LogP contribution in [-0.4, -0.2) is 26.2 Å². The molecule has 0 atom stereocenters. The molecule has 7 heteroatoms. The van der Waals surface area contributed by atoms with Crippen LogP contribution in [0.4, 0.5) is 5.69 Å². The van der Waals surface area contributed by atoms with Crippen LogP contribution in [0, 0.1) is 13.8 Å². The van der Waals surface area contributed by atoms with Crippen molar-refractivity contribution in [2.45, 2.75) is 38.9 Å². The summed E-state index contributed by atoms with van der Waals surface area (Å²) >= 11 is 1.27. The number of H-pyrrole nitrogens is 1. The van der Waals surface area contributed by atoms with E-state index in [-0.39, 0.29) is 23.3 Å². The molecule has 32 heavy (non-hydrogen) atoms. The van der Waals surface area contributed by atoms with Gasteiger partial charge in [0.05, 0.1) is 5.75 Å². The summed E-state index contributed by atoms with van der Waals surface area (Å²) in [6.45, 7) is 7.87. The summed E-state index contributed by atoms with van der Waals surface area (Å²) in [7, 11) is 0. The lowest BCUT2D eigenvalue weighted by atomic mass is 10.1. The number of carbonyl (C=O) groups is 1. The molecule has 0 aliphatic rings. The fourth-order valence-electron chi connectivity index (χ4n) is 3.72. The third-order valence-electron chi connectivity index (χ3n) is 5.29. The monoisotopic (exact) mass is 446 g/mol. The second-order valence-electron chi connectivity index (χ2n) is 8.11. The van der Waals surface area contributed by atoms with Crippen molar-refractivity contribution < 1.29 is 4.79 Å². The van der Waals surface area contributed by atoms with E-state index in [1.165, 1.54) is 11.8 Å². The Morgan fingerprint density at radius 2 is 1.91 bits per heavy atom. The molecule has 4 aromatic rings. The van der Waals surface area contributed by atoms with Gasteiger partial charge in [-0.2, -0.15) is 0 Å². The Morgan fingerprint density at radius 3 is 2.59 bits per heavy atom. The molecule has 4 rings (SSSR count). The summed E-state index contributed by atoms with van der Waals surface area (Å²) in [6, 6.07) is 15.7. The number of nitrogens with zero attached hydrogens (tertiary/aromatic N) is 2. The summed E-state index contributed by atoms with van der Waals surface area (Å²) < 4.78 is 1.64. The van der Waals surface area contributed by atoms with Crippen molar-refractivity contribution in [2.24, 2.45) is 0 Å². The number of amides is 1. The molecule has 2 heterocycles. The average Bonchev–Trinajstić information content (AvgIpc) is 3.19. The van der Waals surface area contributed by atoms with Crippen LogP contribution in [0.1, 0.15) is 31.0 Å². The number of thioether (sulfide) groups is 1. The first-order valence-electron chi connectivity index (χ1n) is 10.5. The SMILES string of the molecule is Cc1ccc(NC(=O)CSc2nc3c(-c4ccccc4)c[nH]c3c(=O)n2C(C)C)c(C)c1. The Balaban J connectivity index is 1.65. The van der Waals surface area contributed by atoms with Crippen molar-refractivity contribution in [1.82, 2.24) is 14.5 Å². The largest absolute Gasteiger partial charge is 0.355 e. The molecule has 2 aromatic carbocycles. The van der Waals surface area contributed by atoms with Gasteiger partial charge in [0, 0.05) is 23.5 Å². The van der Waals surface area contributed by atoms with Crippen molar-refractivity contribution in [2.75, 3.05) is 11.1 Å². The van der Waals surface area contributed by atoms with Crippen molar-refractivity contribution in [3.8, 4) is 11.1 Å². The fourth-order valence-corrected chi connectivity index (χ4v) is 4.64. The lowest BCUT2D eigenvalue weighted by Crippen LogP contribution is -2.26. The van der Waals surface area contributed by atoms with Gasteiger partial charge in [-0.15, -0.1) is 0 Å². The van der Waals surface area contributed by atoms with Gasteiger partial charge in [0.25, 0.3) is 5.56 Å². The molecule has 0 radical (unpaired) electrons. The van der Waals surface area contributed by atoms with Crippen LogP contribution >= 0.6 is 11.8 Å². The van der Waals surface area contributed by atoms with Gasteiger partial charge in [-0.25, -0.2) is 4.98 Å². The van der Waals surface area contributed by atoms with E-state index in [1.54, 1.807) is 4.57 Å². The number of hydrogen-bond acceptors (Lipinski definition) is 4. The standard InChI is InChI=1S/C25H26N4O2S/c1-15(2)29-24(31)23-22(19(13-26-23)18-8-6-5-7-9-18)28-25(29)32-14-21(30)27-20-11-10-16(3)12-17(20)4/h5-13,15,26H,14H2,1-4H3,(H,27,30). The van der Waals surface area contributed by atoms with Crippen molar-refractivity contribution >= 4 is 34.4 Å². The molecule has 6 nitrogen and oxygen atoms in total. The van der Waals surface area contributed by atoms with Gasteiger partial charge in [-0.05, 0) is 44.9 Å². The van der Waals surface area contributed by atoms with Crippen LogP contribution in [0.3, 0.4) is 0 Å². The molecule has 2 N–H and O–H groups in total. The maximum absolute atomic E-state index is 13.2. The Hall–Kier alpha value is -3.32. The number of aryl methyl sites for hydroxylation is 2. The van der Waals surface area contributed by atoms with Gasteiger partial charge in [0.15, 0.2) is 5.16 Å². The van der Waals surface area contributed by atoms with Gasteiger partial charge < -0.3 is 10.3 Å². The zero-order valence-corrected chi connectivity index (χ0v) is 19.4. The van der Waals surface area contributed by atoms with E-state index in [4.69, 9.17) is 4.98 Å². The maximum atomic E-state index is 13.2. The van der Waals surface area contributed by atoms with Crippen molar-refractivity contribution in [3.63, 3.8) is 0 Å². The van der Waals surface area contributed by atoms with E-state index < -0.39 is 0 Å². The van der Waals surface area contributed by atoms with E-state index in [0.29, 0.717) is 16.2 Å². The highest BCUT2D eigenvalue weighted by atomic mass is 32.2. The minimum absolute atomic E-state index is 0.0900. The van der Waals surface area contributed by atoms with Crippen LogP contribution in [-0.2, 0) is 4.79 Å². The summed E-state index contributed by atoms with van der Waals surface area (Å²) in [5.74, 6) is 0.0206. The molecule has 0 unspecified atom stereocenters. The fraction of sp³-hybridized carbons (Fsp3) is 0.240.